The topological polar surface area (TPSA) is 65.9 Å². The monoisotopic (exact) mass is 333 g/mol. The molecule has 0 amide bonds. The molecule has 0 aliphatic carbocycles. The van der Waals surface area contributed by atoms with Gasteiger partial charge < -0.3 is 9.84 Å². The second kappa shape index (κ2) is 6.37. The van der Waals surface area contributed by atoms with Crippen molar-refractivity contribution in [3.8, 4) is 10.6 Å². The van der Waals surface area contributed by atoms with Crippen molar-refractivity contribution < 1.29 is 14.6 Å². The average Bonchev–Trinajstić information content (AvgIpc) is 2.98. The van der Waals surface area contributed by atoms with Crippen LogP contribution in [0.15, 0.2) is 24.3 Å². The quantitative estimate of drug-likeness (QED) is 0.866. The molecule has 1 N–H and O–H groups in total. The molecule has 6 nitrogen and oxygen atoms in total. The molecule has 1 unspecified atom stereocenters. The number of hydrazine groups is 1. The standard InChI is InChI=1S/C16H19N3O3S/c1-18(2)19-8-12-14(13(20)9-19)23-15(17-12)10-6-4-5-7-11(10)16(21)22-3/h4-7,13,20H,8-9H2,1-3H3. The highest BCUT2D eigenvalue weighted by molar-refractivity contribution is 7.15. The highest BCUT2D eigenvalue weighted by atomic mass is 32.1. The largest absolute Gasteiger partial charge is 0.465 e. The van der Waals surface area contributed by atoms with Crippen LogP contribution in [-0.4, -0.2) is 53.8 Å². The second-order valence-electron chi connectivity index (χ2n) is 5.58. The highest BCUT2D eigenvalue weighted by Gasteiger charge is 2.29. The Kier molecular flexibility index (Phi) is 4.45. The van der Waals surface area contributed by atoms with Crippen molar-refractivity contribution in [3.05, 3.63) is 40.4 Å². The molecule has 1 aliphatic rings. The lowest BCUT2D eigenvalue weighted by molar-refractivity contribution is -0.0351. The molecule has 0 saturated heterocycles. The smallest absolute Gasteiger partial charge is 0.338 e. The van der Waals surface area contributed by atoms with Crippen LogP contribution in [0.4, 0.5) is 0 Å². The zero-order chi connectivity index (χ0) is 16.6. The lowest BCUT2D eigenvalue weighted by Gasteiger charge is -2.33. The SMILES string of the molecule is COC(=O)c1ccccc1-c1nc2c(s1)C(O)CN(N(C)C)C2. The first-order valence-electron chi connectivity index (χ1n) is 7.28. The van der Waals surface area contributed by atoms with Gasteiger partial charge >= 0.3 is 5.97 Å². The van der Waals surface area contributed by atoms with Crippen LogP contribution < -0.4 is 0 Å². The Morgan fingerprint density at radius 3 is 2.87 bits per heavy atom. The number of fused-ring (bicyclic) bond motifs is 1. The Morgan fingerprint density at radius 1 is 1.43 bits per heavy atom. The van der Waals surface area contributed by atoms with Crippen LogP contribution in [0.2, 0.25) is 0 Å². The molecule has 7 heteroatoms. The number of aliphatic hydroxyl groups excluding tert-OH is 1. The molecule has 122 valence electrons. The zero-order valence-electron chi connectivity index (χ0n) is 13.3. The van der Waals surface area contributed by atoms with E-state index in [-0.39, 0.29) is 5.97 Å². The Morgan fingerprint density at radius 2 is 2.17 bits per heavy atom. The summed E-state index contributed by atoms with van der Waals surface area (Å²) in [6, 6.07) is 7.24. The Hall–Kier alpha value is -1.80. The van der Waals surface area contributed by atoms with Crippen LogP contribution in [0.1, 0.15) is 27.0 Å². The molecule has 2 heterocycles. The van der Waals surface area contributed by atoms with E-state index in [0.717, 1.165) is 21.1 Å². The summed E-state index contributed by atoms with van der Waals surface area (Å²) in [5, 5.41) is 15.1. The van der Waals surface area contributed by atoms with Gasteiger partial charge in [-0.25, -0.2) is 19.8 Å². The van der Waals surface area contributed by atoms with E-state index in [1.165, 1.54) is 18.4 Å². The molecule has 0 bridgehead atoms. The first-order valence-corrected chi connectivity index (χ1v) is 8.10. The fourth-order valence-electron chi connectivity index (χ4n) is 2.63. The maximum atomic E-state index is 11.9. The number of carbonyl (C=O) groups is 1. The fraction of sp³-hybridized carbons (Fsp3) is 0.375. The van der Waals surface area contributed by atoms with Crippen molar-refractivity contribution in [1.29, 1.82) is 0 Å². The van der Waals surface area contributed by atoms with Crippen LogP contribution in [0.25, 0.3) is 10.6 Å². The first-order chi connectivity index (χ1) is 11.0. The molecule has 1 atom stereocenters. The molecule has 1 aliphatic heterocycles. The number of aliphatic hydroxyl groups is 1. The fourth-order valence-corrected chi connectivity index (χ4v) is 3.73. The average molecular weight is 333 g/mol. The lowest BCUT2D eigenvalue weighted by Crippen LogP contribution is -2.42. The van der Waals surface area contributed by atoms with E-state index in [4.69, 9.17) is 4.74 Å². The number of aromatic nitrogens is 1. The predicted octanol–water partition coefficient (Wildman–Crippen LogP) is 1.92. The molecule has 0 fully saturated rings. The zero-order valence-corrected chi connectivity index (χ0v) is 14.1. The number of ether oxygens (including phenoxy) is 1. The number of carbonyl (C=O) groups excluding carboxylic acids is 1. The third kappa shape index (κ3) is 3.00. The van der Waals surface area contributed by atoms with Crippen LogP contribution in [0.5, 0.6) is 0 Å². The van der Waals surface area contributed by atoms with E-state index in [9.17, 15) is 9.90 Å². The second-order valence-corrected chi connectivity index (χ2v) is 6.61. The summed E-state index contributed by atoms with van der Waals surface area (Å²) in [6.45, 7) is 1.19. The lowest BCUT2D eigenvalue weighted by atomic mass is 10.1. The number of esters is 1. The van der Waals surface area contributed by atoms with Gasteiger partial charge in [0.1, 0.15) is 11.1 Å². The van der Waals surface area contributed by atoms with Crippen molar-refractivity contribution in [2.24, 2.45) is 0 Å². The van der Waals surface area contributed by atoms with E-state index < -0.39 is 6.10 Å². The maximum Gasteiger partial charge on any atom is 0.338 e. The van der Waals surface area contributed by atoms with Gasteiger partial charge in [-0.15, -0.1) is 11.3 Å². The summed E-state index contributed by atoms with van der Waals surface area (Å²) in [5.74, 6) is -0.385. The molecule has 0 saturated carbocycles. The Bertz CT molecular complexity index is 729. The number of benzene rings is 1. The van der Waals surface area contributed by atoms with E-state index in [1.54, 1.807) is 12.1 Å². The van der Waals surface area contributed by atoms with Gasteiger partial charge in [-0.05, 0) is 6.07 Å². The van der Waals surface area contributed by atoms with Gasteiger partial charge in [-0.3, -0.25) is 0 Å². The van der Waals surface area contributed by atoms with Gasteiger partial charge in [0.25, 0.3) is 0 Å². The molecule has 3 rings (SSSR count). The molecular formula is C16H19N3O3S. The van der Waals surface area contributed by atoms with E-state index in [2.05, 4.69) is 4.98 Å². The first kappa shape index (κ1) is 16.1. The van der Waals surface area contributed by atoms with Crippen molar-refractivity contribution >= 4 is 17.3 Å². The number of hydrogen-bond donors (Lipinski definition) is 1. The predicted molar refractivity (Wildman–Crippen MR) is 87.9 cm³/mol. The van der Waals surface area contributed by atoms with Gasteiger partial charge in [-0.2, -0.15) is 0 Å². The number of methoxy groups -OCH3 is 1. The van der Waals surface area contributed by atoms with E-state index in [1.807, 2.05) is 36.2 Å². The molecule has 1 aromatic carbocycles. The minimum atomic E-state index is -0.572. The minimum Gasteiger partial charge on any atom is -0.465 e. The summed E-state index contributed by atoms with van der Waals surface area (Å²) >= 11 is 1.44. The van der Waals surface area contributed by atoms with Crippen molar-refractivity contribution in [1.82, 2.24) is 15.0 Å². The third-order valence-electron chi connectivity index (χ3n) is 3.87. The number of β-amino-alcohol motifs (C(OH)–C–C–N with tert-alkyl or cyclic N) is 1. The summed E-state index contributed by atoms with van der Waals surface area (Å²) in [6.07, 6.45) is -0.572. The highest BCUT2D eigenvalue weighted by Crippen LogP contribution is 2.37. The third-order valence-corrected chi connectivity index (χ3v) is 5.11. The summed E-state index contributed by atoms with van der Waals surface area (Å²) < 4.78 is 4.84. The Labute approximate surface area is 138 Å². The molecule has 0 spiro atoms. The van der Waals surface area contributed by atoms with Crippen molar-refractivity contribution in [2.45, 2.75) is 12.6 Å². The summed E-state index contributed by atoms with van der Waals surface area (Å²) in [5.41, 5.74) is 2.08. The van der Waals surface area contributed by atoms with E-state index >= 15 is 0 Å². The number of rotatable bonds is 3. The van der Waals surface area contributed by atoms with Crippen LogP contribution >= 0.6 is 11.3 Å². The summed E-state index contributed by atoms with van der Waals surface area (Å²) in [4.78, 5) is 17.5. The summed E-state index contributed by atoms with van der Waals surface area (Å²) in [7, 11) is 5.25. The Balaban J connectivity index is 2.02. The molecule has 2 aromatic rings. The van der Waals surface area contributed by atoms with Gasteiger partial charge in [0.2, 0.25) is 0 Å². The number of nitrogens with zero attached hydrogens (tertiary/aromatic N) is 3. The number of thiazole rings is 1. The number of hydrogen-bond acceptors (Lipinski definition) is 7. The molecule has 23 heavy (non-hydrogen) atoms. The van der Waals surface area contributed by atoms with Crippen LogP contribution in [0, 0.1) is 0 Å². The van der Waals surface area contributed by atoms with Gasteiger partial charge in [-0.1, -0.05) is 18.2 Å². The van der Waals surface area contributed by atoms with Gasteiger partial charge in [0, 0.05) is 26.2 Å². The van der Waals surface area contributed by atoms with Crippen LogP contribution in [-0.2, 0) is 11.3 Å². The van der Waals surface area contributed by atoms with E-state index in [0.29, 0.717) is 18.7 Å². The van der Waals surface area contributed by atoms with Crippen LogP contribution in [0.3, 0.4) is 0 Å². The minimum absolute atomic E-state index is 0.385. The normalized spacial score (nSPS) is 18.0. The van der Waals surface area contributed by atoms with Gasteiger partial charge in [0.05, 0.1) is 29.8 Å². The molecular weight excluding hydrogens is 314 g/mol. The van der Waals surface area contributed by atoms with Gasteiger partial charge in [0.15, 0.2) is 0 Å². The molecule has 1 aromatic heterocycles. The van der Waals surface area contributed by atoms with Crippen molar-refractivity contribution in [2.75, 3.05) is 27.7 Å². The van der Waals surface area contributed by atoms with Crippen molar-refractivity contribution in [3.63, 3.8) is 0 Å². The maximum absolute atomic E-state index is 11.9. The molecule has 0 radical (unpaired) electrons.